The van der Waals surface area contributed by atoms with Gasteiger partial charge in [-0.3, -0.25) is 0 Å². The smallest absolute Gasteiger partial charge is 0.363 e. The standard InChI is InChI=1S/C19H16INO5/c1-23-15-10-17(25-3)16(24-2)9-11(15)8-14-19(22)26-18(21-14)12-6-4-5-7-13(12)20/h4-10H,1-3H3. The van der Waals surface area contributed by atoms with E-state index in [2.05, 4.69) is 27.6 Å². The van der Waals surface area contributed by atoms with Gasteiger partial charge in [-0.25, -0.2) is 9.79 Å². The fourth-order valence-electron chi connectivity index (χ4n) is 2.47. The van der Waals surface area contributed by atoms with Crippen LogP contribution in [0.5, 0.6) is 17.2 Å². The van der Waals surface area contributed by atoms with Gasteiger partial charge in [-0.2, -0.15) is 0 Å². The van der Waals surface area contributed by atoms with Crippen LogP contribution in [-0.4, -0.2) is 33.2 Å². The molecule has 0 aliphatic carbocycles. The van der Waals surface area contributed by atoms with Crippen molar-refractivity contribution in [3.8, 4) is 17.2 Å². The maximum Gasteiger partial charge on any atom is 0.363 e. The normalized spacial score (nSPS) is 14.8. The number of methoxy groups -OCH3 is 3. The molecule has 0 fully saturated rings. The molecule has 0 N–H and O–H groups in total. The molecule has 6 nitrogen and oxygen atoms in total. The molecule has 1 aliphatic rings. The van der Waals surface area contributed by atoms with Gasteiger partial charge in [-0.05, 0) is 46.9 Å². The molecule has 2 aromatic rings. The Morgan fingerprint density at radius 1 is 1.00 bits per heavy atom. The molecule has 26 heavy (non-hydrogen) atoms. The quantitative estimate of drug-likeness (QED) is 0.383. The summed E-state index contributed by atoms with van der Waals surface area (Å²) in [5, 5.41) is 0. The topological polar surface area (TPSA) is 66.3 Å². The Balaban J connectivity index is 2.04. The number of hydrogen-bond donors (Lipinski definition) is 0. The summed E-state index contributed by atoms with van der Waals surface area (Å²) in [5.41, 5.74) is 1.58. The van der Waals surface area contributed by atoms with Gasteiger partial charge in [0.2, 0.25) is 5.90 Å². The van der Waals surface area contributed by atoms with Gasteiger partial charge in [-0.1, -0.05) is 12.1 Å². The molecule has 0 radical (unpaired) electrons. The summed E-state index contributed by atoms with van der Waals surface area (Å²) in [5.74, 6) is 1.35. The predicted molar refractivity (Wildman–Crippen MR) is 106 cm³/mol. The van der Waals surface area contributed by atoms with E-state index in [-0.39, 0.29) is 11.6 Å². The number of cyclic esters (lactones) is 1. The molecular formula is C19H16INO5. The molecule has 7 heteroatoms. The molecule has 0 saturated heterocycles. The molecule has 0 saturated carbocycles. The van der Waals surface area contributed by atoms with E-state index in [0.717, 1.165) is 9.13 Å². The Hall–Kier alpha value is -2.55. The highest BCUT2D eigenvalue weighted by Gasteiger charge is 2.26. The van der Waals surface area contributed by atoms with Gasteiger partial charge >= 0.3 is 5.97 Å². The van der Waals surface area contributed by atoms with Gasteiger partial charge < -0.3 is 18.9 Å². The van der Waals surface area contributed by atoms with E-state index < -0.39 is 5.97 Å². The second kappa shape index (κ2) is 7.77. The molecule has 1 heterocycles. The Labute approximate surface area is 164 Å². The van der Waals surface area contributed by atoms with Crippen molar-refractivity contribution in [1.82, 2.24) is 0 Å². The van der Waals surface area contributed by atoms with E-state index in [4.69, 9.17) is 18.9 Å². The largest absolute Gasteiger partial charge is 0.496 e. The monoisotopic (exact) mass is 465 g/mol. The first-order valence-corrected chi connectivity index (χ1v) is 8.72. The number of halogens is 1. The Bertz CT molecular complexity index is 920. The summed E-state index contributed by atoms with van der Waals surface area (Å²) >= 11 is 2.17. The van der Waals surface area contributed by atoms with Gasteiger partial charge in [0, 0.05) is 15.2 Å². The molecule has 3 rings (SSSR count). The van der Waals surface area contributed by atoms with E-state index in [1.165, 1.54) is 7.11 Å². The van der Waals surface area contributed by atoms with Crippen molar-refractivity contribution in [2.24, 2.45) is 4.99 Å². The van der Waals surface area contributed by atoms with Crippen molar-refractivity contribution in [2.75, 3.05) is 21.3 Å². The van der Waals surface area contributed by atoms with Gasteiger partial charge in [0.1, 0.15) is 5.75 Å². The summed E-state index contributed by atoms with van der Waals surface area (Å²) in [6, 6.07) is 11.0. The van der Waals surface area contributed by atoms with Crippen LogP contribution in [0.1, 0.15) is 11.1 Å². The van der Waals surface area contributed by atoms with Gasteiger partial charge in [0.15, 0.2) is 17.2 Å². The van der Waals surface area contributed by atoms with Gasteiger partial charge in [-0.15, -0.1) is 0 Å². The van der Waals surface area contributed by atoms with E-state index in [9.17, 15) is 4.79 Å². The highest BCUT2D eigenvalue weighted by Crippen LogP contribution is 2.36. The molecule has 0 amide bonds. The van der Waals surface area contributed by atoms with E-state index >= 15 is 0 Å². The zero-order chi connectivity index (χ0) is 18.7. The molecule has 0 bridgehead atoms. The Morgan fingerprint density at radius 3 is 2.31 bits per heavy atom. The molecule has 1 aliphatic heterocycles. The zero-order valence-electron chi connectivity index (χ0n) is 14.4. The van der Waals surface area contributed by atoms with Crippen LogP contribution < -0.4 is 14.2 Å². The SMILES string of the molecule is COc1cc(OC)c(OC)cc1C=C1N=C(c2ccccc2I)OC1=O. The molecule has 0 spiro atoms. The van der Waals surface area contributed by atoms with Crippen LogP contribution in [0.2, 0.25) is 0 Å². The van der Waals surface area contributed by atoms with Crippen molar-refractivity contribution in [1.29, 1.82) is 0 Å². The molecule has 0 aromatic heterocycles. The first-order chi connectivity index (χ1) is 12.6. The third kappa shape index (κ3) is 3.52. The maximum absolute atomic E-state index is 12.2. The number of carbonyl (C=O) groups excluding carboxylic acids is 1. The van der Waals surface area contributed by atoms with E-state index in [1.807, 2.05) is 24.3 Å². The van der Waals surface area contributed by atoms with Crippen LogP contribution >= 0.6 is 22.6 Å². The number of aliphatic imine (C=N–C) groups is 1. The lowest BCUT2D eigenvalue weighted by Gasteiger charge is -2.12. The van der Waals surface area contributed by atoms with Crippen molar-refractivity contribution < 1.29 is 23.7 Å². The van der Waals surface area contributed by atoms with Crippen molar-refractivity contribution in [2.45, 2.75) is 0 Å². The number of ether oxygens (including phenoxy) is 4. The Kier molecular flexibility index (Phi) is 5.46. The summed E-state index contributed by atoms with van der Waals surface area (Å²) in [7, 11) is 4.62. The van der Waals surface area contributed by atoms with Crippen LogP contribution in [-0.2, 0) is 9.53 Å². The fraction of sp³-hybridized carbons (Fsp3) is 0.158. The summed E-state index contributed by atoms with van der Waals surface area (Å²) < 4.78 is 22.2. The molecule has 134 valence electrons. The molecule has 0 unspecified atom stereocenters. The number of rotatable bonds is 5. The minimum Gasteiger partial charge on any atom is -0.496 e. The van der Waals surface area contributed by atoms with E-state index in [0.29, 0.717) is 22.8 Å². The zero-order valence-corrected chi connectivity index (χ0v) is 16.6. The van der Waals surface area contributed by atoms with E-state index in [1.54, 1.807) is 32.4 Å². The lowest BCUT2D eigenvalue weighted by Crippen LogP contribution is -2.06. The van der Waals surface area contributed by atoms with Crippen molar-refractivity contribution >= 4 is 40.5 Å². The summed E-state index contributed by atoms with van der Waals surface area (Å²) in [4.78, 5) is 16.6. The first kappa shape index (κ1) is 18.2. The minimum absolute atomic E-state index is 0.185. The van der Waals surface area contributed by atoms with Crippen molar-refractivity contribution in [3.05, 3.63) is 56.8 Å². The fourth-order valence-corrected chi connectivity index (χ4v) is 3.09. The predicted octanol–water partition coefficient (Wildman–Crippen LogP) is 3.66. The maximum atomic E-state index is 12.2. The van der Waals surface area contributed by atoms with Crippen LogP contribution in [0.15, 0.2) is 47.1 Å². The summed E-state index contributed by atoms with van der Waals surface area (Å²) in [6.07, 6.45) is 1.60. The van der Waals surface area contributed by atoms with Crippen LogP contribution in [0.25, 0.3) is 6.08 Å². The lowest BCUT2D eigenvalue weighted by molar-refractivity contribution is -0.129. The number of esters is 1. The molecule has 2 aromatic carbocycles. The van der Waals surface area contributed by atoms with Crippen LogP contribution in [0.3, 0.4) is 0 Å². The number of carbonyl (C=O) groups is 1. The number of hydrogen-bond acceptors (Lipinski definition) is 6. The average molecular weight is 465 g/mol. The van der Waals surface area contributed by atoms with Gasteiger partial charge in [0.25, 0.3) is 0 Å². The van der Waals surface area contributed by atoms with Gasteiger partial charge in [0.05, 0.1) is 26.9 Å². The third-order valence-electron chi connectivity index (χ3n) is 3.75. The van der Waals surface area contributed by atoms with Crippen molar-refractivity contribution in [3.63, 3.8) is 0 Å². The third-order valence-corrected chi connectivity index (χ3v) is 4.69. The Morgan fingerprint density at radius 2 is 1.65 bits per heavy atom. The first-order valence-electron chi connectivity index (χ1n) is 7.65. The number of benzene rings is 2. The second-order valence-electron chi connectivity index (χ2n) is 5.27. The van der Waals surface area contributed by atoms with Crippen LogP contribution in [0, 0.1) is 3.57 Å². The highest BCUT2D eigenvalue weighted by atomic mass is 127. The highest BCUT2D eigenvalue weighted by molar-refractivity contribution is 14.1. The molecular weight excluding hydrogens is 449 g/mol. The average Bonchev–Trinajstić information content (AvgIpc) is 3.01. The summed E-state index contributed by atoms with van der Waals surface area (Å²) in [6.45, 7) is 0. The number of nitrogens with zero attached hydrogens (tertiary/aromatic N) is 1. The second-order valence-corrected chi connectivity index (χ2v) is 6.43. The minimum atomic E-state index is -0.517. The molecule has 0 atom stereocenters. The lowest BCUT2D eigenvalue weighted by atomic mass is 10.1. The van der Waals surface area contributed by atoms with Crippen LogP contribution in [0.4, 0.5) is 0 Å².